The van der Waals surface area contributed by atoms with E-state index in [4.69, 9.17) is 0 Å². The number of carbonyl (C=O) groups excluding carboxylic acids is 1. The van der Waals surface area contributed by atoms with Crippen LogP contribution in [0.1, 0.15) is 18.6 Å². The summed E-state index contributed by atoms with van der Waals surface area (Å²) in [6.45, 7) is 1.70. The van der Waals surface area contributed by atoms with Crippen molar-refractivity contribution in [2.75, 3.05) is 0 Å². The van der Waals surface area contributed by atoms with E-state index in [-0.39, 0.29) is 5.92 Å². The van der Waals surface area contributed by atoms with E-state index in [2.05, 4.69) is 0 Å². The molecule has 0 heterocycles. The summed E-state index contributed by atoms with van der Waals surface area (Å²) >= 11 is 0. The Morgan fingerprint density at radius 1 is 1.33 bits per heavy atom. The molecule has 0 saturated carbocycles. The van der Waals surface area contributed by atoms with E-state index in [1.807, 2.05) is 30.3 Å². The minimum atomic E-state index is -0.677. The first-order valence-corrected chi connectivity index (χ1v) is 3.94. The van der Waals surface area contributed by atoms with Gasteiger partial charge in [0, 0.05) is 5.92 Å². The van der Waals surface area contributed by atoms with Crippen LogP contribution >= 0.6 is 0 Å². The number of carbonyl (C=O) groups is 1. The summed E-state index contributed by atoms with van der Waals surface area (Å²) in [6.07, 6.45) is 0.0844. The summed E-state index contributed by atoms with van der Waals surface area (Å²) in [5, 5.41) is 9.56. The smallest absolute Gasteiger partial charge is 0.125 e. The van der Waals surface area contributed by atoms with Crippen LogP contribution in [0.5, 0.6) is 0 Å². The molecule has 0 fully saturated rings. The van der Waals surface area contributed by atoms with Gasteiger partial charge in [0.2, 0.25) is 0 Å². The molecule has 0 aliphatic carbocycles. The molecule has 64 valence electrons. The Kier molecular flexibility index (Phi) is 3.00. The quantitative estimate of drug-likeness (QED) is 0.688. The van der Waals surface area contributed by atoms with Crippen molar-refractivity contribution in [1.29, 1.82) is 0 Å². The van der Waals surface area contributed by atoms with E-state index in [1.54, 1.807) is 6.92 Å². The molecule has 0 aliphatic rings. The molecule has 0 amide bonds. The van der Waals surface area contributed by atoms with Crippen molar-refractivity contribution in [1.82, 2.24) is 0 Å². The molecule has 0 spiro atoms. The lowest BCUT2D eigenvalue weighted by atomic mass is 9.99. The van der Waals surface area contributed by atoms with Crippen LogP contribution in [0.2, 0.25) is 0 Å². The topological polar surface area (TPSA) is 37.3 Å². The average Bonchev–Trinajstić information content (AvgIpc) is 2.17. The molecule has 0 radical (unpaired) electrons. The maximum atomic E-state index is 10.4. The van der Waals surface area contributed by atoms with Crippen LogP contribution < -0.4 is 0 Å². The van der Waals surface area contributed by atoms with Crippen molar-refractivity contribution in [3.8, 4) is 0 Å². The van der Waals surface area contributed by atoms with E-state index in [0.29, 0.717) is 0 Å². The maximum Gasteiger partial charge on any atom is 0.125 e. The van der Waals surface area contributed by atoms with Gasteiger partial charge in [-0.15, -0.1) is 0 Å². The Bertz CT molecular complexity index is 243. The highest BCUT2D eigenvalue weighted by Gasteiger charge is 2.14. The summed E-state index contributed by atoms with van der Waals surface area (Å²) in [5.74, 6) is -0.340. The number of hydrogen-bond acceptors (Lipinski definition) is 2. The molecule has 12 heavy (non-hydrogen) atoms. The summed E-state index contributed by atoms with van der Waals surface area (Å²) in [4.78, 5) is 10.4. The second-order valence-electron chi connectivity index (χ2n) is 2.85. The molecule has 0 bridgehead atoms. The van der Waals surface area contributed by atoms with Gasteiger partial charge in [-0.1, -0.05) is 37.3 Å². The summed E-state index contributed by atoms with van der Waals surface area (Å²) in [5.41, 5.74) is 0.789. The summed E-state index contributed by atoms with van der Waals surface area (Å²) in [7, 11) is 0. The third-order valence-electron chi connectivity index (χ3n) is 1.85. The van der Waals surface area contributed by atoms with E-state index in [0.717, 1.165) is 11.8 Å². The van der Waals surface area contributed by atoms with Gasteiger partial charge in [0.05, 0.1) is 6.10 Å². The number of aldehydes is 1. The third kappa shape index (κ3) is 1.92. The zero-order chi connectivity index (χ0) is 8.97. The van der Waals surface area contributed by atoms with Gasteiger partial charge in [-0.25, -0.2) is 0 Å². The lowest BCUT2D eigenvalue weighted by molar-refractivity contribution is -0.113. The van der Waals surface area contributed by atoms with Crippen LogP contribution in [0, 0.1) is 5.92 Å². The predicted octanol–water partition coefficient (Wildman–Crippen LogP) is 1.55. The molecule has 0 aliphatic heterocycles. The monoisotopic (exact) mass is 164 g/mol. The Balaban J connectivity index is 2.78. The number of hydrogen-bond donors (Lipinski definition) is 1. The average molecular weight is 164 g/mol. The van der Waals surface area contributed by atoms with Gasteiger partial charge in [-0.05, 0) is 5.56 Å². The zero-order valence-corrected chi connectivity index (χ0v) is 6.97. The lowest BCUT2D eigenvalue weighted by Gasteiger charge is -2.12. The van der Waals surface area contributed by atoms with Crippen molar-refractivity contribution in [2.24, 2.45) is 5.92 Å². The second-order valence-corrected chi connectivity index (χ2v) is 2.85. The van der Waals surface area contributed by atoms with Gasteiger partial charge < -0.3 is 9.90 Å². The summed E-state index contributed by atoms with van der Waals surface area (Å²) < 4.78 is 0. The van der Waals surface area contributed by atoms with Gasteiger partial charge in [-0.3, -0.25) is 0 Å². The van der Waals surface area contributed by atoms with E-state index in [9.17, 15) is 9.90 Å². The molecule has 2 unspecified atom stereocenters. The van der Waals surface area contributed by atoms with Crippen LogP contribution in [-0.2, 0) is 4.79 Å². The first-order valence-electron chi connectivity index (χ1n) is 3.94. The molecular weight excluding hydrogens is 152 g/mol. The number of aliphatic hydroxyl groups excluding tert-OH is 1. The Morgan fingerprint density at radius 3 is 2.42 bits per heavy atom. The number of benzene rings is 1. The molecule has 0 aromatic heterocycles. The first-order chi connectivity index (χ1) is 5.75. The minimum Gasteiger partial charge on any atom is -0.388 e. The Labute approximate surface area is 71.8 Å². The van der Waals surface area contributed by atoms with Crippen LogP contribution in [0.25, 0.3) is 0 Å². The van der Waals surface area contributed by atoms with Gasteiger partial charge in [-0.2, -0.15) is 0 Å². The van der Waals surface area contributed by atoms with E-state index >= 15 is 0 Å². The Hall–Kier alpha value is -1.15. The molecule has 1 aromatic rings. The normalized spacial score (nSPS) is 15.2. The fraction of sp³-hybridized carbons (Fsp3) is 0.300. The molecular formula is C10H12O2. The van der Waals surface area contributed by atoms with E-state index in [1.165, 1.54) is 0 Å². The molecule has 2 heteroatoms. The third-order valence-corrected chi connectivity index (χ3v) is 1.85. The predicted molar refractivity (Wildman–Crippen MR) is 46.6 cm³/mol. The highest BCUT2D eigenvalue weighted by molar-refractivity contribution is 5.54. The van der Waals surface area contributed by atoms with Crippen molar-refractivity contribution in [3.63, 3.8) is 0 Å². The van der Waals surface area contributed by atoms with Crippen molar-refractivity contribution in [3.05, 3.63) is 35.9 Å². The van der Waals surface area contributed by atoms with Gasteiger partial charge in [0.15, 0.2) is 0 Å². The molecule has 1 rings (SSSR count). The standard InChI is InChI=1S/C10H12O2/c1-8(7-11)10(12)9-5-3-2-4-6-9/h2-8,10,12H,1H3. The van der Waals surface area contributed by atoms with Gasteiger partial charge in [0.25, 0.3) is 0 Å². The first kappa shape index (κ1) is 8.94. The highest BCUT2D eigenvalue weighted by Crippen LogP contribution is 2.19. The number of rotatable bonds is 3. The molecule has 2 atom stereocenters. The number of aliphatic hydroxyl groups is 1. The second kappa shape index (κ2) is 4.02. The van der Waals surface area contributed by atoms with Gasteiger partial charge in [0.1, 0.15) is 6.29 Å². The minimum absolute atomic E-state index is 0.340. The van der Waals surface area contributed by atoms with Crippen LogP contribution in [0.4, 0.5) is 0 Å². The molecule has 2 nitrogen and oxygen atoms in total. The zero-order valence-electron chi connectivity index (χ0n) is 6.97. The van der Waals surface area contributed by atoms with Crippen LogP contribution in [0.3, 0.4) is 0 Å². The molecule has 0 saturated heterocycles. The lowest BCUT2D eigenvalue weighted by Crippen LogP contribution is -2.09. The van der Waals surface area contributed by atoms with Crippen LogP contribution in [-0.4, -0.2) is 11.4 Å². The fourth-order valence-corrected chi connectivity index (χ4v) is 1.03. The van der Waals surface area contributed by atoms with Crippen molar-refractivity contribution in [2.45, 2.75) is 13.0 Å². The fourth-order valence-electron chi connectivity index (χ4n) is 1.03. The van der Waals surface area contributed by atoms with Crippen molar-refractivity contribution >= 4 is 6.29 Å². The van der Waals surface area contributed by atoms with Crippen molar-refractivity contribution < 1.29 is 9.90 Å². The van der Waals surface area contributed by atoms with E-state index < -0.39 is 6.10 Å². The summed E-state index contributed by atoms with van der Waals surface area (Å²) in [6, 6.07) is 9.18. The maximum absolute atomic E-state index is 10.4. The largest absolute Gasteiger partial charge is 0.388 e. The SMILES string of the molecule is CC(C=O)C(O)c1ccccc1. The highest BCUT2D eigenvalue weighted by atomic mass is 16.3. The van der Waals surface area contributed by atoms with Crippen LogP contribution in [0.15, 0.2) is 30.3 Å². The van der Waals surface area contributed by atoms with Gasteiger partial charge >= 0.3 is 0 Å². The molecule has 1 aromatic carbocycles. The molecule has 1 N–H and O–H groups in total. The Morgan fingerprint density at radius 2 is 1.92 bits per heavy atom.